The third-order valence-corrected chi connectivity index (χ3v) is 2.18. The number of aromatic amines is 1. The van der Waals surface area contributed by atoms with Gasteiger partial charge in [0.1, 0.15) is 5.82 Å². The summed E-state index contributed by atoms with van der Waals surface area (Å²) in [6.45, 7) is 8.15. The van der Waals surface area contributed by atoms with E-state index in [2.05, 4.69) is 25.8 Å². The molecule has 0 saturated carbocycles. The van der Waals surface area contributed by atoms with Gasteiger partial charge >= 0.3 is 0 Å². The third kappa shape index (κ3) is 3.83. The second-order valence-corrected chi connectivity index (χ2v) is 4.89. The predicted octanol–water partition coefficient (Wildman–Crippen LogP) is -0.0319. The van der Waals surface area contributed by atoms with Crippen LogP contribution in [0, 0.1) is 0 Å². The first-order chi connectivity index (χ1) is 8.34. The largest absolute Gasteiger partial charge is 0.355 e. The fourth-order valence-electron chi connectivity index (χ4n) is 1.20. The highest BCUT2D eigenvalue weighted by molar-refractivity contribution is 5.93. The molecule has 2 amide bonds. The van der Waals surface area contributed by atoms with Crippen molar-refractivity contribution in [2.24, 2.45) is 0 Å². The Kier molecular flexibility index (Phi) is 4.41. The number of nitrogens with zero attached hydrogens (tertiary/aromatic N) is 2. The van der Waals surface area contributed by atoms with Gasteiger partial charge in [0.15, 0.2) is 0 Å². The predicted molar refractivity (Wildman–Crippen MR) is 66.1 cm³/mol. The first-order valence-electron chi connectivity index (χ1n) is 5.82. The Balaban J connectivity index is 2.57. The van der Waals surface area contributed by atoms with Crippen LogP contribution in [-0.4, -0.2) is 40.1 Å². The maximum atomic E-state index is 11.7. The highest BCUT2D eigenvalue weighted by atomic mass is 16.2. The highest BCUT2D eigenvalue weighted by Crippen LogP contribution is 2.17. The Hall–Kier alpha value is -1.92. The summed E-state index contributed by atoms with van der Waals surface area (Å²) in [6, 6.07) is 0. The number of rotatable bonds is 4. The molecule has 1 aromatic heterocycles. The van der Waals surface area contributed by atoms with Crippen LogP contribution in [0.5, 0.6) is 0 Å². The van der Waals surface area contributed by atoms with Crippen molar-refractivity contribution in [3.05, 3.63) is 11.6 Å². The molecule has 0 spiro atoms. The van der Waals surface area contributed by atoms with Crippen LogP contribution in [0.1, 0.15) is 44.1 Å². The second kappa shape index (κ2) is 5.61. The minimum Gasteiger partial charge on any atom is -0.355 e. The van der Waals surface area contributed by atoms with Gasteiger partial charge in [-0.3, -0.25) is 14.7 Å². The molecule has 1 rings (SSSR count). The molecular formula is C11H19N5O2. The van der Waals surface area contributed by atoms with Gasteiger partial charge in [-0.2, -0.15) is 0 Å². The lowest BCUT2D eigenvalue weighted by Gasteiger charge is -2.12. The van der Waals surface area contributed by atoms with Gasteiger partial charge in [0.25, 0.3) is 5.91 Å². The zero-order chi connectivity index (χ0) is 13.8. The maximum Gasteiger partial charge on any atom is 0.291 e. The van der Waals surface area contributed by atoms with Gasteiger partial charge < -0.3 is 10.6 Å². The zero-order valence-corrected chi connectivity index (χ0v) is 11.1. The summed E-state index contributed by atoms with van der Waals surface area (Å²) in [5.74, 6) is -0.0275. The van der Waals surface area contributed by atoms with Gasteiger partial charge in [-0.05, 0) is 6.92 Å². The van der Waals surface area contributed by atoms with Crippen molar-refractivity contribution >= 4 is 11.8 Å². The van der Waals surface area contributed by atoms with E-state index in [4.69, 9.17) is 0 Å². The lowest BCUT2D eigenvalue weighted by molar-refractivity contribution is -0.120. The minimum absolute atomic E-state index is 0.0456. The minimum atomic E-state index is -0.465. The van der Waals surface area contributed by atoms with Gasteiger partial charge in [0.2, 0.25) is 11.7 Å². The lowest BCUT2D eigenvalue weighted by Crippen LogP contribution is -2.37. The second-order valence-electron chi connectivity index (χ2n) is 4.89. The normalized spacial score (nSPS) is 11.1. The maximum absolute atomic E-state index is 11.7. The summed E-state index contributed by atoms with van der Waals surface area (Å²) in [4.78, 5) is 26.9. The van der Waals surface area contributed by atoms with Crippen LogP contribution < -0.4 is 10.6 Å². The van der Waals surface area contributed by atoms with Gasteiger partial charge in [-0.25, -0.2) is 4.98 Å². The van der Waals surface area contributed by atoms with Crippen LogP contribution in [0.15, 0.2) is 0 Å². The highest BCUT2D eigenvalue weighted by Gasteiger charge is 2.21. The van der Waals surface area contributed by atoms with E-state index >= 15 is 0 Å². The fraction of sp³-hybridized carbons (Fsp3) is 0.636. The number of hydrogen-bond donors (Lipinski definition) is 3. The van der Waals surface area contributed by atoms with E-state index in [1.54, 1.807) is 0 Å². The molecule has 0 aliphatic heterocycles. The molecule has 0 atom stereocenters. The molecule has 7 nitrogen and oxygen atoms in total. The van der Waals surface area contributed by atoms with E-state index in [-0.39, 0.29) is 23.7 Å². The van der Waals surface area contributed by atoms with E-state index in [1.807, 2.05) is 27.7 Å². The number of carbonyl (C=O) groups is 2. The summed E-state index contributed by atoms with van der Waals surface area (Å²) < 4.78 is 0. The Labute approximate surface area is 106 Å². The number of carbonyl (C=O) groups excluding carboxylic acids is 2. The molecule has 1 aromatic rings. The molecule has 0 unspecified atom stereocenters. The SMILES string of the molecule is CCNC(=O)CNC(=O)c1n[nH]c(C(C)(C)C)n1. The Morgan fingerprint density at radius 1 is 1.28 bits per heavy atom. The number of aromatic nitrogens is 3. The van der Waals surface area contributed by atoms with Crippen molar-refractivity contribution in [1.29, 1.82) is 0 Å². The molecule has 3 N–H and O–H groups in total. The Bertz CT molecular complexity index is 433. The average molecular weight is 253 g/mol. The molecule has 0 saturated heterocycles. The van der Waals surface area contributed by atoms with Crippen LogP contribution in [-0.2, 0) is 10.2 Å². The van der Waals surface area contributed by atoms with Crippen molar-refractivity contribution in [3.8, 4) is 0 Å². The molecule has 0 bridgehead atoms. The number of hydrogen-bond acceptors (Lipinski definition) is 4. The zero-order valence-electron chi connectivity index (χ0n) is 11.1. The molecule has 7 heteroatoms. The van der Waals surface area contributed by atoms with Crippen LogP contribution in [0.25, 0.3) is 0 Å². The summed E-state index contributed by atoms with van der Waals surface area (Å²) in [6.07, 6.45) is 0. The molecule has 0 aliphatic rings. The summed E-state index contributed by atoms with van der Waals surface area (Å²) >= 11 is 0. The number of nitrogens with one attached hydrogen (secondary N) is 3. The van der Waals surface area contributed by atoms with Crippen molar-refractivity contribution in [2.45, 2.75) is 33.1 Å². The molecule has 0 aromatic carbocycles. The summed E-state index contributed by atoms with van der Waals surface area (Å²) in [7, 11) is 0. The van der Waals surface area contributed by atoms with E-state index < -0.39 is 5.91 Å². The topological polar surface area (TPSA) is 99.8 Å². The van der Waals surface area contributed by atoms with E-state index in [0.717, 1.165) is 0 Å². The number of amides is 2. The van der Waals surface area contributed by atoms with Gasteiger partial charge in [-0.1, -0.05) is 20.8 Å². The monoisotopic (exact) mass is 253 g/mol. The Morgan fingerprint density at radius 2 is 1.94 bits per heavy atom. The number of likely N-dealkylation sites (N-methyl/N-ethyl adjacent to an activating group) is 1. The molecular weight excluding hydrogens is 234 g/mol. The van der Waals surface area contributed by atoms with Gasteiger partial charge in [0.05, 0.1) is 6.54 Å². The average Bonchev–Trinajstić information content (AvgIpc) is 2.75. The van der Waals surface area contributed by atoms with Gasteiger partial charge in [-0.15, -0.1) is 5.10 Å². The van der Waals surface area contributed by atoms with Crippen LogP contribution in [0.2, 0.25) is 0 Å². The van der Waals surface area contributed by atoms with E-state index in [1.165, 1.54) is 0 Å². The van der Waals surface area contributed by atoms with Crippen LogP contribution in [0.3, 0.4) is 0 Å². The smallest absolute Gasteiger partial charge is 0.291 e. The quantitative estimate of drug-likeness (QED) is 0.701. The molecule has 0 aliphatic carbocycles. The van der Waals surface area contributed by atoms with Crippen molar-refractivity contribution in [1.82, 2.24) is 25.8 Å². The first kappa shape index (κ1) is 14.1. The lowest BCUT2D eigenvalue weighted by atomic mass is 9.96. The van der Waals surface area contributed by atoms with E-state index in [9.17, 15) is 9.59 Å². The van der Waals surface area contributed by atoms with E-state index in [0.29, 0.717) is 12.4 Å². The molecule has 18 heavy (non-hydrogen) atoms. The van der Waals surface area contributed by atoms with Crippen molar-refractivity contribution in [2.75, 3.05) is 13.1 Å². The Morgan fingerprint density at radius 3 is 2.44 bits per heavy atom. The van der Waals surface area contributed by atoms with Crippen LogP contribution >= 0.6 is 0 Å². The molecule has 0 fully saturated rings. The molecule has 0 radical (unpaired) electrons. The third-order valence-electron chi connectivity index (χ3n) is 2.18. The summed E-state index contributed by atoms with van der Waals surface area (Å²) in [5, 5.41) is 11.6. The van der Waals surface area contributed by atoms with Crippen molar-refractivity contribution in [3.63, 3.8) is 0 Å². The molecule has 1 heterocycles. The number of H-pyrrole nitrogens is 1. The fourth-order valence-corrected chi connectivity index (χ4v) is 1.20. The van der Waals surface area contributed by atoms with Crippen LogP contribution in [0.4, 0.5) is 0 Å². The summed E-state index contributed by atoms with van der Waals surface area (Å²) in [5.41, 5.74) is -0.203. The van der Waals surface area contributed by atoms with Crippen molar-refractivity contribution < 1.29 is 9.59 Å². The first-order valence-corrected chi connectivity index (χ1v) is 5.82. The standard InChI is InChI=1S/C11H19N5O2/c1-5-12-7(17)6-13-9(18)8-14-10(16-15-8)11(2,3)4/h5-6H2,1-4H3,(H,12,17)(H,13,18)(H,14,15,16). The molecule has 100 valence electrons. The van der Waals surface area contributed by atoms with Gasteiger partial charge in [0, 0.05) is 12.0 Å².